The van der Waals surface area contributed by atoms with Crippen LogP contribution in [0.3, 0.4) is 0 Å². The molecule has 0 N–H and O–H groups in total. The highest BCUT2D eigenvalue weighted by atomic mass is 16.5. The molecule has 2 aliphatic heterocycles. The lowest BCUT2D eigenvalue weighted by Gasteiger charge is -2.31. The number of hydrogen-bond donors (Lipinski definition) is 0. The van der Waals surface area contributed by atoms with Crippen molar-refractivity contribution >= 4 is 28.7 Å². The quantitative estimate of drug-likeness (QED) is 0.538. The summed E-state index contributed by atoms with van der Waals surface area (Å²) in [6.45, 7) is 2.88. The van der Waals surface area contributed by atoms with E-state index in [9.17, 15) is 9.59 Å². The van der Waals surface area contributed by atoms with Gasteiger partial charge in [0, 0.05) is 63.8 Å². The Hall–Kier alpha value is -3.40. The Bertz CT molecular complexity index is 1200. The van der Waals surface area contributed by atoms with E-state index in [0.717, 1.165) is 53.8 Å². The third kappa shape index (κ3) is 4.62. The van der Waals surface area contributed by atoms with E-state index in [-0.39, 0.29) is 24.6 Å². The Morgan fingerprint density at radius 3 is 2.83 bits per heavy atom. The van der Waals surface area contributed by atoms with Crippen molar-refractivity contribution in [2.45, 2.75) is 51.2 Å². The molecule has 2 amide bonds. The number of methoxy groups -OCH3 is 1. The summed E-state index contributed by atoms with van der Waals surface area (Å²) >= 11 is 0. The molecule has 0 unspecified atom stereocenters. The molecule has 0 spiro atoms. The Morgan fingerprint density at radius 2 is 2.09 bits per heavy atom. The van der Waals surface area contributed by atoms with E-state index >= 15 is 0 Å². The summed E-state index contributed by atoms with van der Waals surface area (Å²) in [5, 5.41) is 4.31. The van der Waals surface area contributed by atoms with Crippen molar-refractivity contribution in [1.82, 2.24) is 24.2 Å². The average Bonchev–Trinajstić information content (AvgIpc) is 3.54. The Kier molecular flexibility index (Phi) is 6.72. The number of aromatic nitrogens is 4. The van der Waals surface area contributed by atoms with Crippen LogP contribution in [0.1, 0.15) is 30.7 Å². The fraction of sp³-hybridized carbons (Fsp3) is 0.520. The molecule has 5 rings (SSSR count). The van der Waals surface area contributed by atoms with Crippen molar-refractivity contribution < 1.29 is 19.1 Å². The van der Waals surface area contributed by atoms with E-state index < -0.39 is 0 Å². The van der Waals surface area contributed by atoms with Crippen LogP contribution in [0.4, 0.5) is 10.5 Å². The first-order valence-corrected chi connectivity index (χ1v) is 12.2. The van der Waals surface area contributed by atoms with Crippen molar-refractivity contribution in [3.8, 4) is 0 Å². The second-order valence-electron chi connectivity index (χ2n) is 9.14. The van der Waals surface area contributed by atoms with Crippen molar-refractivity contribution in [2.75, 3.05) is 38.8 Å². The summed E-state index contributed by atoms with van der Waals surface area (Å²) in [5.74, 6) is 0.901. The maximum absolute atomic E-state index is 13.4. The molecule has 0 radical (unpaired) electrons. The number of likely N-dealkylation sites (N-methyl/N-ethyl adjacent to an activating group) is 1. The zero-order chi connectivity index (χ0) is 24.4. The van der Waals surface area contributed by atoms with Crippen molar-refractivity contribution in [3.63, 3.8) is 0 Å². The van der Waals surface area contributed by atoms with Crippen LogP contribution >= 0.6 is 0 Å². The molecule has 2 aromatic heterocycles. The summed E-state index contributed by atoms with van der Waals surface area (Å²) in [4.78, 5) is 34.3. The van der Waals surface area contributed by atoms with E-state index in [2.05, 4.69) is 5.10 Å². The molecule has 35 heavy (non-hydrogen) atoms. The topological polar surface area (TPSA) is 94.7 Å². The fourth-order valence-corrected chi connectivity index (χ4v) is 5.16. The van der Waals surface area contributed by atoms with Gasteiger partial charge in [-0.25, -0.2) is 9.78 Å². The average molecular weight is 481 g/mol. The van der Waals surface area contributed by atoms with Gasteiger partial charge >= 0.3 is 6.09 Å². The molecular formula is C25H32N6O4. The summed E-state index contributed by atoms with van der Waals surface area (Å²) in [6.07, 6.45) is 7.33. The molecule has 1 aromatic carbocycles. The number of ether oxygens (including phenoxy) is 2. The van der Waals surface area contributed by atoms with E-state index in [1.54, 1.807) is 11.1 Å². The third-order valence-electron chi connectivity index (χ3n) is 7.12. The summed E-state index contributed by atoms with van der Waals surface area (Å²) in [5.41, 5.74) is 3.64. The molecule has 10 heteroatoms. The van der Waals surface area contributed by atoms with Crippen molar-refractivity contribution in [1.29, 1.82) is 0 Å². The number of nitrogens with zero attached hydrogens (tertiary/aromatic N) is 6. The highest BCUT2D eigenvalue weighted by Gasteiger charge is 2.28. The number of carbonyl (C=O) groups is 2. The van der Waals surface area contributed by atoms with Gasteiger partial charge in [-0.2, -0.15) is 5.10 Å². The number of fused-ring (bicyclic) bond motifs is 3. The molecule has 186 valence electrons. The van der Waals surface area contributed by atoms with Gasteiger partial charge in [-0.3, -0.25) is 14.4 Å². The van der Waals surface area contributed by atoms with Crippen LogP contribution in [0.25, 0.3) is 11.0 Å². The monoisotopic (exact) mass is 480 g/mol. The molecule has 1 saturated heterocycles. The molecule has 3 aromatic rings. The van der Waals surface area contributed by atoms with E-state index in [1.165, 1.54) is 7.11 Å². The lowest BCUT2D eigenvalue weighted by molar-refractivity contribution is -0.134. The normalized spacial score (nSPS) is 16.3. The Labute approximate surface area is 204 Å². The van der Waals surface area contributed by atoms with Crippen molar-refractivity contribution in [2.24, 2.45) is 0 Å². The first-order chi connectivity index (χ1) is 17.1. The maximum Gasteiger partial charge on any atom is 0.414 e. The fourth-order valence-electron chi connectivity index (χ4n) is 5.16. The molecule has 2 aliphatic rings. The number of amides is 2. The van der Waals surface area contributed by atoms with Crippen LogP contribution in [-0.4, -0.2) is 76.2 Å². The zero-order valence-electron chi connectivity index (χ0n) is 20.4. The summed E-state index contributed by atoms with van der Waals surface area (Å²) in [7, 11) is 3.29. The lowest BCUT2D eigenvalue weighted by Crippen LogP contribution is -2.42. The smallest absolute Gasteiger partial charge is 0.414 e. The van der Waals surface area contributed by atoms with Gasteiger partial charge < -0.3 is 18.9 Å². The minimum Gasteiger partial charge on any atom is -0.452 e. The standard InChI is InChI=1S/C25H32N6O4/c1-28(18-9-15-35-16-10-18)23(32)17-31-21-7-6-20-19(5-3-13-30(20)25(33)34-2)24(21)27-22(31)8-14-29-12-4-11-26-29/h4,6-7,11-12,18H,3,5,8-10,13-17H2,1-2H3. The number of hydrogen-bond acceptors (Lipinski definition) is 6. The predicted molar refractivity (Wildman–Crippen MR) is 130 cm³/mol. The van der Waals surface area contributed by atoms with Gasteiger partial charge in [0.2, 0.25) is 5.91 Å². The number of imidazole rings is 1. The number of rotatable bonds is 6. The molecule has 0 atom stereocenters. The largest absolute Gasteiger partial charge is 0.452 e. The van der Waals surface area contributed by atoms with E-state index in [0.29, 0.717) is 32.7 Å². The first kappa shape index (κ1) is 23.3. The molecule has 4 heterocycles. The number of carbonyl (C=O) groups excluding carboxylic acids is 2. The Balaban J connectivity index is 1.50. The molecule has 0 bridgehead atoms. The molecule has 0 aliphatic carbocycles. The van der Waals surface area contributed by atoms with Gasteiger partial charge in [0.05, 0.1) is 23.8 Å². The van der Waals surface area contributed by atoms with Gasteiger partial charge in [-0.15, -0.1) is 0 Å². The lowest BCUT2D eigenvalue weighted by atomic mass is 10.0. The van der Waals surface area contributed by atoms with Crippen LogP contribution in [0.15, 0.2) is 30.6 Å². The number of anilines is 1. The molecular weight excluding hydrogens is 448 g/mol. The minimum absolute atomic E-state index is 0.0606. The van der Waals surface area contributed by atoms with Gasteiger partial charge in [0.25, 0.3) is 0 Å². The van der Waals surface area contributed by atoms with Crippen LogP contribution in [0, 0.1) is 0 Å². The molecule has 10 nitrogen and oxygen atoms in total. The van der Waals surface area contributed by atoms with Crippen LogP contribution in [-0.2, 0) is 40.2 Å². The SMILES string of the molecule is COC(=O)N1CCCc2c1ccc1c2nc(CCn2cccn2)n1CC(=O)N(C)C1CCOCC1. The van der Waals surface area contributed by atoms with E-state index in [4.69, 9.17) is 14.5 Å². The highest BCUT2D eigenvalue weighted by Crippen LogP contribution is 2.34. The second-order valence-corrected chi connectivity index (χ2v) is 9.14. The van der Waals surface area contributed by atoms with Gasteiger partial charge in [0.15, 0.2) is 0 Å². The van der Waals surface area contributed by atoms with Gasteiger partial charge in [-0.1, -0.05) is 0 Å². The highest BCUT2D eigenvalue weighted by molar-refractivity contribution is 5.95. The number of aryl methyl sites for hydroxylation is 3. The molecule has 1 fully saturated rings. The van der Waals surface area contributed by atoms with Crippen LogP contribution < -0.4 is 4.90 Å². The van der Waals surface area contributed by atoms with Gasteiger partial charge in [-0.05, 0) is 43.9 Å². The number of benzene rings is 1. The summed E-state index contributed by atoms with van der Waals surface area (Å²) < 4.78 is 14.4. The van der Waals surface area contributed by atoms with Gasteiger partial charge in [0.1, 0.15) is 12.4 Å². The zero-order valence-corrected chi connectivity index (χ0v) is 20.4. The minimum atomic E-state index is -0.364. The summed E-state index contributed by atoms with van der Waals surface area (Å²) in [6, 6.07) is 6.02. The van der Waals surface area contributed by atoms with Crippen molar-refractivity contribution in [3.05, 3.63) is 42.0 Å². The maximum atomic E-state index is 13.4. The predicted octanol–water partition coefficient (Wildman–Crippen LogP) is 2.63. The first-order valence-electron chi connectivity index (χ1n) is 12.2. The van der Waals surface area contributed by atoms with Crippen LogP contribution in [0.2, 0.25) is 0 Å². The molecule has 0 saturated carbocycles. The Morgan fingerprint density at radius 1 is 1.26 bits per heavy atom. The third-order valence-corrected chi connectivity index (χ3v) is 7.12. The van der Waals surface area contributed by atoms with E-state index in [1.807, 2.05) is 45.6 Å². The van der Waals surface area contributed by atoms with Crippen LogP contribution in [0.5, 0.6) is 0 Å². The second kappa shape index (κ2) is 10.1.